The normalized spacial score (nSPS) is 18.0. The summed E-state index contributed by atoms with van der Waals surface area (Å²) in [6.07, 6.45) is 0. The molecule has 2 rings (SSSR count). The van der Waals surface area contributed by atoms with Gasteiger partial charge in [0.1, 0.15) is 5.75 Å². The lowest BCUT2D eigenvalue weighted by Gasteiger charge is -2.00. The first kappa shape index (κ1) is 9.21. The van der Waals surface area contributed by atoms with E-state index in [0.29, 0.717) is 11.3 Å². The molecule has 1 heterocycles. The lowest BCUT2D eigenvalue weighted by Crippen LogP contribution is -2.10. The number of hydrogen-bond acceptors (Lipinski definition) is 5. The van der Waals surface area contributed by atoms with Crippen LogP contribution in [-0.2, 0) is 4.74 Å². The molecule has 1 aromatic rings. The average molecular weight is 211 g/mol. The van der Waals surface area contributed by atoms with Gasteiger partial charge in [-0.2, -0.15) is 0 Å². The van der Waals surface area contributed by atoms with E-state index in [1.807, 2.05) is 0 Å². The van der Waals surface area contributed by atoms with E-state index in [9.17, 15) is 4.79 Å². The summed E-state index contributed by atoms with van der Waals surface area (Å²) in [7, 11) is 1.35. The largest absolute Gasteiger partial charge is 0.465 e. The molecule has 0 aromatic heterocycles. The minimum atomic E-state index is -0.364. The molecule has 0 amide bonds. The van der Waals surface area contributed by atoms with Crippen molar-refractivity contribution >= 4 is 24.3 Å². The third-order valence-corrected chi connectivity index (χ3v) is 2.15. The second-order valence-electron chi connectivity index (χ2n) is 2.82. The maximum Gasteiger partial charge on any atom is 0.337 e. The molecule has 0 radical (unpaired) electrons. The molecule has 0 saturated heterocycles. The fourth-order valence-electron chi connectivity index (χ4n) is 1.27. The number of carbonyl (C=O) groups is 1. The number of benzene rings is 1. The Morgan fingerprint density at radius 3 is 3.14 bits per heavy atom. The molecule has 1 N–H and O–H groups in total. The van der Waals surface area contributed by atoms with Gasteiger partial charge in [-0.1, -0.05) is 0 Å². The Hall–Kier alpha value is -1.36. The molecule has 74 valence electrons. The summed E-state index contributed by atoms with van der Waals surface area (Å²) in [5.74, 6) is 0.329. The van der Waals surface area contributed by atoms with Gasteiger partial charge in [0.25, 0.3) is 0 Å². The monoisotopic (exact) mass is 211 g/mol. The van der Waals surface area contributed by atoms with Crippen LogP contribution < -0.4 is 10.1 Å². The predicted octanol–water partition coefficient (Wildman–Crippen LogP) is 1.49. The number of rotatable bonds is 1. The number of hydrogen-bond donors (Lipinski definition) is 2. The molecule has 1 unspecified atom stereocenters. The smallest absolute Gasteiger partial charge is 0.337 e. The third kappa shape index (κ3) is 1.50. The molecular weight excluding hydrogens is 202 g/mol. The van der Waals surface area contributed by atoms with Gasteiger partial charge < -0.3 is 14.8 Å². The molecule has 1 atom stereocenters. The van der Waals surface area contributed by atoms with Crippen LogP contribution >= 0.6 is 12.6 Å². The zero-order valence-corrected chi connectivity index (χ0v) is 8.38. The minimum Gasteiger partial charge on any atom is -0.465 e. The van der Waals surface area contributed by atoms with Crippen LogP contribution in [-0.4, -0.2) is 18.6 Å². The van der Waals surface area contributed by atoms with Crippen molar-refractivity contribution in [1.29, 1.82) is 0 Å². The molecule has 1 aliphatic rings. The molecule has 5 heteroatoms. The summed E-state index contributed by atoms with van der Waals surface area (Å²) in [5, 5.41) is 2.95. The molecule has 14 heavy (non-hydrogen) atoms. The van der Waals surface area contributed by atoms with Crippen molar-refractivity contribution in [2.45, 2.75) is 5.56 Å². The summed E-state index contributed by atoms with van der Waals surface area (Å²) in [6, 6.07) is 5.04. The summed E-state index contributed by atoms with van der Waals surface area (Å²) < 4.78 is 9.87. The van der Waals surface area contributed by atoms with E-state index in [1.165, 1.54) is 7.11 Å². The van der Waals surface area contributed by atoms with E-state index < -0.39 is 0 Å². The van der Waals surface area contributed by atoms with Crippen LogP contribution in [0.15, 0.2) is 18.2 Å². The maximum absolute atomic E-state index is 11.2. The average Bonchev–Trinajstić information content (AvgIpc) is 2.55. The highest BCUT2D eigenvalue weighted by Crippen LogP contribution is 2.33. The number of methoxy groups -OCH3 is 1. The fourth-order valence-corrected chi connectivity index (χ4v) is 1.53. The van der Waals surface area contributed by atoms with Gasteiger partial charge in [-0.25, -0.2) is 4.79 Å². The van der Waals surface area contributed by atoms with Crippen LogP contribution in [0.4, 0.5) is 5.69 Å². The van der Waals surface area contributed by atoms with Crippen LogP contribution in [0.5, 0.6) is 5.75 Å². The van der Waals surface area contributed by atoms with E-state index in [4.69, 9.17) is 4.74 Å². The fraction of sp³-hybridized carbons (Fsp3) is 0.222. The number of thiol groups is 1. The summed E-state index contributed by atoms with van der Waals surface area (Å²) >= 11 is 4.10. The van der Waals surface area contributed by atoms with Crippen molar-refractivity contribution in [3.8, 4) is 5.75 Å². The van der Waals surface area contributed by atoms with Crippen molar-refractivity contribution in [1.82, 2.24) is 0 Å². The zero-order chi connectivity index (χ0) is 10.1. The lowest BCUT2D eigenvalue weighted by atomic mass is 10.2. The topological polar surface area (TPSA) is 47.6 Å². The van der Waals surface area contributed by atoms with E-state index in [0.717, 1.165) is 5.69 Å². The van der Waals surface area contributed by atoms with Crippen molar-refractivity contribution < 1.29 is 14.3 Å². The molecule has 0 saturated carbocycles. The predicted molar refractivity (Wildman–Crippen MR) is 54.8 cm³/mol. The van der Waals surface area contributed by atoms with Gasteiger partial charge in [-0.3, -0.25) is 0 Å². The first-order valence-corrected chi connectivity index (χ1v) is 4.56. The Balaban J connectivity index is 2.33. The summed E-state index contributed by atoms with van der Waals surface area (Å²) in [5.41, 5.74) is 0.899. The Bertz CT molecular complexity index is 380. The highest BCUT2D eigenvalue weighted by molar-refractivity contribution is 7.80. The van der Waals surface area contributed by atoms with Crippen LogP contribution in [0.3, 0.4) is 0 Å². The minimum absolute atomic E-state index is 0.349. The number of carbonyl (C=O) groups excluding carboxylic acids is 1. The second-order valence-corrected chi connectivity index (χ2v) is 3.29. The second kappa shape index (κ2) is 3.42. The van der Waals surface area contributed by atoms with Crippen LogP contribution in [0.2, 0.25) is 0 Å². The van der Waals surface area contributed by atoms with Crippen LogP contribution in [0, 0.1) is 0 Å². The van der Waals surface area contributed by atoms with Crippen molar-refractivity contribution in [2.75, 3.05) is 12.4 Å². The van der Waals surface area contributed by atoms with Gasteiger partial charge in [-0.15, -0.1) is 12.6 Å². The number of nitrogens with one attached hydrogen (secondary N) is 1. The summed E-state index contributed by atoms with van der Waals surface area (Å²) in [4.78, 5) is 11.2. The van der Waals surface area contributed by atoms with Gasteiger partial charge in [0.2, 0.25) is 5.56 Å². The first-order valence-electron chi connectivity index (χ1n) is 4.04. The standard InChI is InChI=1S/C9H9NO3S/c1-12-8(11)5-2-3-7-6(4-5)10-9(14)13-7/h2-4,9-10,14H,1H3. The van der Waals surface area contributed by atoms with Crippen molar-refractivity contribution in [3.05, 3.63) is 23.8 Å². The molecule has 0 fully saturated rings. The lowest BCUT2D eigenvalue weighted by molar-refractivity contribution is 0.0601. The highest BCUT2D eigenvalue weighted by atomic mass is 32.1. The Labute approximate surface area is 86.6 Å². The van der Waals surface area contributed by atoms with Crippen LogP contribution in [0.25, 0.3) is 0 Å². The number of fused-ring (bicyclic) bond motifs is 1. The molecular formula is C9H9NO3S. The Morgan fingerprint density at radius 1 is 1.64 bits per heavy atom. The number of esters is 1. The van der Waals surface area contributed by atoms with Gasteiger partial charge in [0, 0.05) is 0 Å². The molecule has 0 bridgehead atoms. The molecule has 1 aromatic carbocycles. The molecule has 1 aliphatic heterocycles. The quantitative estimate of drug-likeness (QED) is 0.546. The highest BCUT2D eigenvalue weighted by Gasteiger charge is 2.19. The molecule has 0 spiro atoms. The van der Waals surface area contributed by atoms with E-state index in [1.54, 1.807) is 18.2 Å². The van der Waals surface area contributed by atoms with Gasteiger partial charge in [0.05, 0.1) is 18.4 Å². The van der Waals surface area contributed by atoms with Gasteiger partial charge in [0.15, 0.2) is 0 Å². The molecule has 4 nitrogen and oxygen atoms in total. The van der Waals surface area contributed by atoms with Crippen molar-refractivity contribution in [2.24, 2.45) is 0 Å². The Kier molecular flexibility index (Phi) is 2.25. The maximum atomic E-state index is 11.2. The van der Waals surface area contributed by atoms with E-state index >= 15 is 0 Å². The Morgan fingerprint density at radius 2 is 2.43 bits per heavy atom. The van der Waals surface area contributed by atoms with Crippen LogP contribution in [0.1, 0.15) is 10.4 Å². The van der Waals surface area contributed by atoms with Crippen molar-refractivity contribution in [3.63, 3.8) is 0 Å². The zero-order valence-electron chi connectivity index (χ0n) is 7.48. The number of ether oxygens (including phenoxy) is 2. The SMILES string of the molecule is COC(=O)c1ccc2c(c1)NC(S)O2. The van der Waals surface area contributed by atoms with Gasteiger partial charge in [-0.05, 0) is 18.2 Å². The molecule has 0 aliphatic carbocycles. The first-order chi connectivity index (χ1) is 6.70. The van der Waals surface area contributed by atoms with Gasteiger partial charge >= 0.3 is 5.97 Å². The van der Waals surface area contributed by atoms with E-state index in [2.05, 4.69) is 22.7 Å². The summed E-state index contributed by atoms with van der Waals surface area (Å²) in [6.45, 7) is 0. The number of anilines is 1. The third-order valence-electron chi connectivity index (χ3n) is 1.92. The van der Waals surface area contributed by atoms with E-state index in [-0.39, 0.29) is 11.5 Å².